The molecule has 1 saturated heterocycles. The highest BCUT2D eigenvalue weighted by atomic mass is 16.2. The summed E-state index contributed by atoms with van der Waals surface area (Å²) in [5, 5.41) is 11.5. The molecule has 1 aliphatic heterocycles. The van der Waals surface area contributed by atoms with Crippen LogP contribution in [0.1, 0.15) is 80.2 Å². The van der Waals surface area contributed by atoms with Gasteiger partial charge in [-0.15, -0.1) is 0 Å². The van der Waals surface area contributed by atoms with Crippen molar-refractivity contribution in [2.24, 2.45) is 23.7 Å². The van der Waals surface area contributed by atoms with Crippen LogP contribution in [0.3, 0.4) is 0 Å². The smallest absolute Gasteiger partial charge is 0.245 e. The van der Waals surface area contributed by atoms with Gasteiger partial charge in [-0.2, -0.15) is 0 Å². The summed E-state index contributed by atoms with van der Waals surface area (Å²) in [5.41, 5.74) is 0.835. The second kappa shape index (κ2) is 16.4. The van der Waals surface area contributed by atoms with E-state index < -0.39 is 59.7 Å². The van der Waals surface area contributed by atoms with Gasteiger partial charge in [-0.3, -0.25) is 24.0 Å². The number of nitrogens with one attached hydrogen (secondary N) is 4. The van der Waals surface area contributed by atoms with Gasteiger partial charge in [-0.25, -0.2) is 0 Å². The van der Waals surface area contributed by atoms with Gasteiger partial charge in [-0.05, 0) is 48.5 Å². The van der Waals surface area contributed by atoms with Crippen LogP contribution in [0.2, 0.25) is 0 Å². The molecule has 0 radical (unpaired) electrons. The van der Waals surface area contributed by atoms with Crippen molar-refractivity contribution in [1.82, 2.24) is 26.2 Å². The van der Waals surface area contributed by atoms with E-state index in [9.17, 15) is 24.0 Å². The third kappa shape index (κ3) is 11.0. The molecule has 5 amide bonds. The lowest BCUT2D eigenvalue weighted by Crippen LogP contribution is -2.59. The quantitative estimate of drug-likeness (QED) is 0.346. The second-order valence-electron chi connectivity index (χ2n) is 13.5. The molecule has 0 saturated carbocycles. The number of nitrogens with zero attached hydrogens (tertiary/aromatic N) is 1. The Hall–Kier alpha value is -3.43. The molecule has 0 unspecified atom stereocenters. The molecule has 240 valence electrons. The minimum atomic E-state index is -0.993. The van der Waals surface area contributed by atoms with E-state index in [0.717, 1.165) is 5.56 Å². The van der Waals surface area contributed by atoms with Gasteiger partial charge in [0, 0.05) is 13.5 Å². The fraction of sp³-hybridized carbons (Fsp3) is 0.667. The molecule has 1 heterocycles. The van der Waals surface area contributed by atoms with Gasteiger partial charge in [-0.1, -0.05) is 85.7 Å². The van der Waals surface area contributed by atoms with E-state index in [0.29, 0.717) is 19.3 Å². The highest BCUT2D eigenvalue weighted by Crippen LogP contribution is 2.17. The van der Waals surface area contributed by atoms with Gasteiger partial charge in [0.1, 0.15) is 30.2 Å². The van der Waals surface area contributed by atoms with Crippen LogP contribution in [0.15, 0.2) is 30.3 Å². The minimum Gasteiger partial charge on any atom is -0.343 e. The predicted molar refractivity (Wildman–Crippen MR) is 168 cm³/mol. The Morgan fingerprint density at radius 3 is 1.51 bits per heavy atom. The Labute approximate surface area is 257 Å². The average molecular weight is 600 g/mol. The first-order valence-corrected chi connectivity index (χ1v) is 15.6. The molecule has 0 aromatic heterocycles. The zero-order valence-corrected chi connectivity index (χ0v) is 27.4. The number of carbonyl (C=O) groups excluding carboxylic acids is 5. The first-order valence-electron chi connectivity index (χ1n) is 15.6. The zero-order chi connectivity index (χ0) is 32.4. The van der Waals surface area contributed by atoms with Crippen LogP contribution >= 0.6 is 0 Å². The molecule has 0 aliphatic carbocycles. The molecular formula is C33H53N5O5. The Kier molecular flexibility index (Phi) is 13.7. The normalized spacial score (nSPS) is 24.9. The highest BCUT2D eigenvalue weighted by molar-refractivity contribution is 5.98. The third-order valence-electron chi connectivity index (χ3n) is 7.64. The summed E-state index contributed by atoms with van der Waals surface area (Å²) in [6.07, 6.45) is 1.25. The SMILES string of the molecule is CC(C)C[C@@H]1C(=O)N[C@H](Cc2ccccc2)C(=O)N[C@H](CC(C)C)C(=O)N[C@H](CC(C)C)C(=O)N[C@H](C(C)C)C(=O)N1C. The molecule has 10 heteroatoms. The minimum absolute atomic E-state index is 0.0599. The van der Waals surface area contributed by atoms with Crippen molar-refractivity contribution in [3.63, 3.8) is 0 Å². The van der Waals surface area contributed by atoms with E-state index in [1.54, 1.807) is 7.05 Å². The standard InChI is InChI=1S/C33H53N5O5/c1-19(2)15-24-29(39)35-25(16-20(3)4)31(41)37-28(22(7)8)33(43)38(9)27(17-21(5)6)32(42)36-26(30(40)34-24)18-23-13-11-10-12-14-23/h10-14,19-22,24-28H,15-18H2,1-9H3,(H,34,40)(H,35,39)(H,36,42)(H,37,41)/t24-,25-,26-,27-,28-/m1/s1. The Morgan fingerprint density at radius 2 is 1.05 bits per heavy atom. The number of carbonyl (C=O) groups is 5. The number of hydrogen-bond acceptors (Lipinski definition) is 5. The van der Waals surface area contributed by atoms with E-state index in [2.05, 4.69) is 21.3 Å². The second-order valence-corrected chi connectivity index (χ2v) is 13.5. The maximum atomic E-state index is 13.9. The van der Waals surface area contributed by atoms with Crippen molar-refractivity contribution in [3.05, 3.63) is 35.9 Å². The lowest BCUT2D eigenvalue weighted by molar-refractivity contribution is -0.144. The van der Waals surface area contributed by atoms with Gasteiger partial charge in [0.25, 0.3) is 0 Å². The first-order chi connectivity index (χ1) is 20.1. The maximum Gasteiger partial charge on any atom is 0.245 e. The summed E-state index contributed by atoms with van der Waals surface area (Å²) in [5.74, 6) is -2.42. The Balaban J connectivity index is 2.65. The van der Waals surface area contributed by atoms with E-state index in [1.807, 2.05) is 85.7 Å². The van der Waals surface area contributed by atoms with E-state index in [4.69, 9.17) is 0 Å². The number of likely N-dealkylation sites (N-methyl/N-ethyl adjacent to an activating group) is 1. The molecule has 0 spiro atoms. The molecule has 5 atom stereocenters. The number of hydrogen-bond donors (Lipinski definition) is 4. The number of amides is 5. The van der Waals surface area contributed by atoms with Crippen LogP contribution < -0.4 is 21.3 Å². The number of benzene rings is 1. The summed E-state index contributed by atoms with van der Waals surface area (Å²) in [7, 11) is 1.56. The molecule has 1 fully saturated rings. The molecule has 43 heavy (non-hydrogen) atoms. The van der Waals surface area contributed by atoms with Crippen molar-refractivity contribution in [2.45, 2.75) is 111 Å². The summed E-state index contributed by atoms with van der Waals surface area (Å²) >= 11 is 0. The van der Waals surface area contributed by atoms with Gasteiger partial charge in [0.15, 0.2) is 0 Å². The van der Waals surface area contributed by atoms with Crippen molar-refractivity contribution in [1.29, 1.82) is 0 Å². The Morgan fingerprint density at radius 1 is 0.605 bits per heavy atom. The molecule has 0 bridgehead atoms. The Bertz CT molecular complexity index is 1100. The van der Waals surface area contributed by atoms with Gasteiger partial charge in [0.2, 0.25) is 29.5 Å². The molecular weight excluding hydrogens is 546 g/mol. The van der Waals surface area contributed by atoms with E-state index >= 15 is 0 Å². The zero-order valence-electron chi connectivity index (χ0n) is 27.4. The predicted octanol–water partition coefficient (Wildman–Crippen LogP) is 2.80. The molecule has 10 nitrogen and oxygen atoms in total. The number of rotatable bonds is 9. The van der Waals surface area contributed by atoms with Crippen molar-refractivity contribution in [2.75, 3.05) is 7.05 Å². The molecule has 2 rings (SSSR count). The van der Waals surface area contributed by atoms with Crippen LogP contribution in [-0.4, -0.2) is 71.7 Å². The van der Waals surface area contributed by atoms with Crippen LogP contribution in [0, 0.1) is 23.7 Å². The fourth-order valence-electron chi connectivity index (χ4n) is 5.31. The molecule has 1 aromatic carbocycles. The highest BCUT2D eigenvalue weighted by Gasteiger charge is 2.38. The van der Waals surface area contributed by atoms with Crippen molar-refractivity contribution >= 4 is 29.5 Å². The first kappa shape index (κ1) is 35.8. The van der Waals surface area contributed by atoms with Gasteiger partial charge < -0.3 is 26.2 Å². The summed E-state index contributed by atoms with van der Waals surface area (Å²) in [6.45, 7) is 15.4. The largest absolute Gasteiger partial charge is 0.343 e. The molecule has 1 aliphatic rings. The van der Waals surface area contributed by atoms with E-state index in [-0.39, 0.29) is 30.1 Å². The van der Waals surface area contributed by atoms with Gasteiger partial charge in [0.05, 0.1) is 0 Å². The monoisotopic (exact) mass is 599 g/mol. The average Bonchev–Trinajstić information content (AvgIpc) is 2.91. The van der Waals surface area contributed by atoms with Crippen LogP contribution in [0.25, 0.3) is 0 Å². The summed E-state index contributed by atoms with van der Waals surface area (Å²) in [4.78, 5) is 70.2. The lowest BCUT2D eigenvalue weighted by atomic mass is 9.97. The van der Waals surface area contributed by atoms with Crippen LogP contribution in [0.4, 0.5) is 0 Å². The van der Waals surface area contributed by atoms with Crippen molar-refractivity contribution in [3.8, 4) is 0 Å². The lowest BCUT2D eigenvalue weighted by Gasteiger charge is -2.34. The van der Waals surface area contributed by atoms with Crippen LogP contribution in [-0.2, 0) is 30.4 Å². The van der Waals surface area contributed by atoms with Gasteiger partial charge >= 0.3 is 0 Å². The third-order valence-corrected chi connectivity index (χ3v) is 7.64. The van der Waals surface area contributed by atoms with Crippen molar-refractivity contribution < 1.29 is 24.0 Å². The summed E-state index contributed by atoms with van der Waals surface area (Å²) < 4.78 is 0. The fourth-order valence-corrected chi connectivity index (χ4v) is 5.31. The topological polar surface area (TPSA) is 137 Å². The van der Waals surface area contributed by atoms with Crippen LogP contribution in [0.5, 0.6) is 0 Å². The molecule has 1 aromatic rings. The summed E-state index contributed by atoms with van der Waals surface area (Å²) in [6, 6.07) is 4.71. The molecule has 4 N–H and O–H groups in total. The maximum absolute atomic E-state index is 13.9. The van der Waals surface area contributed by atoms with E-state index in [1.165, 1.54) is 4.90 Å².